The monoisotopic (exact) mass is 897 g/mol. The van der Waals surface area contributed by atoms with E-state index in [9.17, 15) is 29.7 Å². The van der Waals surface area contributed by atoms with Crippen LogP contribution in [0.1, 0.15) is 144 Å². The molecule has 3 unspecified atom stereocenters. The molecule has 11 heteroatoms. The number of fused-ring (bicyclic) bond motifs is 5. The molecule has 3 heterocycles. The van der Waals surface area contributed by atoms with Crippen molar-refractivity contribution in [3.63, 3.8) is 0 Å². The highest BCUT2D eigenvalue weighted by Gasteiger charge is 3.04. The second kappa shape index (κ2) is 15.2. The fourth-order valence-corrected chi connectivity index (χ4v) is 16.3. The number of aliphatic hydroxyl groups excluding tert-OH is 2. The standard InChI is InChI=1S/C54H72O11/c1-29(2)51-28-52(51,60)48-54(65-48)50(6)23-21-36-37(27-61-46(36)59)40(50)26-43-53(54,64-43)47(51)63-45(58)12-8-7-11-44(57)62-42(33-15-16-33)20-13-30(3)38-18-19-39-32(10-9-22-49(38,39)5)14-17-34-24-35(55)25-41(56)31(34)4/h13-14,17,20,29-30,33,35,38-43,47-48,55-56,60H,4,7-12,15-16,18-19,21-28H2,1-3,5-6H3/b20-13+,32-14+,34-17-/t30-,35+,38?,39?,40-,41-,42?,43-,47+,48-,49+,50-,51-,52-,53+,54+/m0/s1. The Hall–Kier alpha value is -3.09. The van der Waals surface area contributed by atoms with E-state index in [2.05, 4.69) is 65.5 Å². The molecule has 16 atom stereocenters. The van der Waals surface area contributed by atoms with Crippen molar-refractivity contribution >= 4 is 17.9 Å². The molecule has 3 aliphatic heterocycles. The summed E-state index contributed by atoms with van der Waals surface area (Å²) in [4.78, 5) is 39.8. The fourth-order valence-electron chi connectivity index (χ4n) is 16.3. The predicted molar refractivity (Wildman–Crippen MR) is 239 cm³/mol. The van der Waals surface area contributed by atoms with Crippen LogP contribution in [0.5, 0.6) is 0 Å². The van der Waals surface area contributed by atoms with Gasteiger partial charge >= 0.3 is 17.9 Å². The second-order valence-corrected chi connectivity index (χ2v) is 23.5. The lowest BCUT2D eigenvalue weighted by molar-refractivity contribution is -0.179. The molecule has 8 aliphatic carbocycles. The van der Waals surface area contributed by atoms with Gasteiger partial charge in [0.1, 0.15) is 36.1 Å². The van der Waals surface area contributed by atoms with Crippen molar-refractivity contribution in [2.75, 3.05) is 6.61 Å². The molecule has 0 amide bonds. The Morgan fingerprint density at radius 2 is 1.71 bits per heavy atom. The third kappa shape index (κ3) is 6.32. The summed E-state index contributed by atoms with van der Waals surface area (Å²) in [7, 11) is 0. The zero-order chi connectivity index (χ0) is 45.6. The summed E-state index contributed by atoms with van der Waals surface area (Å²) in [5, 5.41) is 33.0. The molecule has 354 valence electrons. The van der Waals surface area contributed by atoms with Crippen LogP contribution in [0.15, 0.2) is 58.7 Å². The van der Waals surface area contributed by atoms with Crippen LogP contribution in [-0.4, -0.2) is 93.3 Å². The van der Waals surface area contributed by atoms with Crippen molar-refractivity contribution in [1.82, 2.24) is 0 Å². The molecule has 11 rings (SSSR count). The third-order valence-corrected chi connectivity index (χ3v) is 20.1. The summed E-state index contributed by atoms with van der Waals surface area (Å²) in [5.74, 6) is 0.985. The first-order valence-corrected chi connectivity index (χ1v) is 25.4. The minimum absolute atomic E-state index is 0.0233. The van der Waals surface area contributed by atoms with E-state index in [1.54, 1.807) is 0 Å². The number of unbranched alkanes of at least 4 members (excludes halogenated alkanes) is 1. The number of carbonyl (C=O) groups excluding carboxylic acids is 3. The lowest BCUT2D eigenvalue weighted by atomic mass is 9.46. The van der Waals surface area contributed by atoms with Gasteiger partial charge in [-0.15, -0.1) is 0 Å². The molecule has 11 aliphatic rings. The predicted octanol–water partition coefficient (Wildman–Crippen LogP) is 7.85. The van der Waals surface area contributed by atoms with Crippen LogP contribution in [0.4, 0.5) is 0 Å². The Bertz CT molecular complexity index is 2180. The minimum Gasteiger partial charge on any atom is -0.458 e. The topological polar surface area (TPSA) is 165 Å². The first-order chi connectivity index (χ1) is 30.9. The van der Waals surface area contributed by atoms with Crippen molar-refractivity contribution in [2.24, 2.45) is 51.8 Å². The number of esters is 3. The van der Waals surface area contributed by atoms with E-state index in [1.165, 1.54) is 12.0 Å². The Kier molecular flexibility index (Phi) is 10.4. The molecule has 0 bridgehead atoms. The van der Waals surface area contributed by atoms with E-state index in [0.29, 0.717) is 75.2 Å². The first kappa shape index (κ1) is 44.4. The van der Waals surface area contributed by atoms with Gasteiger partial charge in [0.25, 0.3) is 0 Å². The van der Waals surface area contributed by atoms with Gasteiger partial charge < -0.3 is 39.0 Å². The van der Waals surface area contributed by atoms with Crippen LogP contribution in [0.2, 0.25) is 0 Å². The van der Waals surface area contributed by atoms with E-state index in [4.69, 9.17) is 23.7 Å². The van der Waals surface area contributed by atoms with Crippen LogP contribution in [-0.2, 0) is 38.1 Å². The average molecular weight is 897 g/mol. The van der Waals surface area contributed by atoms with Gasteiger partial charge in [-0.05, 0) is 154 Å². The normalized spacial score (nSPS) is 47.5. The summed E-state index contributed by atoms with van der Waals surface area (Å²) in [6.07, 6.45) is 18.7. The molecular formula is C54H72O11. The van der Waals surface area contributed by atoms with E-state index in [0.717, 1.165) is 67.2 Å². The maximum absolute atomic E-state index is 13.9. The van der Waals surface area contributed by atoms with Gasteiger partial charge in [0.2, 0.25) is 0 Å². The highest BCUT2D eigenvalue weighted by molar-refractivity contribution is 5.92. The lowest BCUT2D eigenvalue weighted by Gasteiger charge is -2.55. The number of cyclic esters (lactones) is 1. The van der Waals surface area contributed by atoms with Crippen molar-refractivity contribution in [3.8, 4) is 0 Å². The average Bonchev–Trinajstić information content (AvgIpc) is 4.13. The quantitative estimate of drug-likeness (QED) is 0.0542. The van der Waals surface area contributed by atoms with E-state index in [1.807, 2.05) is 0 Å². The molecule has 0 aromatic rings. The Labute approximate surface area is 384 Å². The molecule has 9 fully saturated rings. The fraction of sp³-hybridized carbons (Fsp3) is 0.759. The zero-order valence-corrected chi connectivity index (χ0v) is 39.3. The van der Waals surface area contributed by atoms with Gasteiger partial charge in [-0.2, -0.15) is 0 Å². The molecule has 7 saturated carbocycles. The highest BCUT2D eigenvalue weighted by atomic mass is 16.7. The number of hydrogen-bond acceptors (Lipinski definition) is 11. The molecule has 0 aromatic carbocycles. The maximum atomic E-state index is 13.9. The van der Waals surface area contributed by atoms with Gasteiger partial charge in [-0.25, -0.2) is 4.79 Å². The second-order valence-electron chi connectivity index (χ2n) is 23.5. The van der Waals surface area contributed by atoms with Crippen LogP contribution in [0.25, 0.3) is 0 Å². The minimum atomic E-state index is -1.13. The summed E-state index contributed by atoms with van der Waals surface area (Å²) in [6.45, 7) is 15.6. The molecule has 0 aromatic heterocycles. The smallest absolute Gasteiger partial charge is 0.334 e. The molecular weight excluding hydrogens is 825 g/mol. The van der Waals surface area contributed by atoms with Crippen molar-refractivity contribution < 1.29 is 53.4 Å². The number of allylic oxidation sites excluding steroid dienone is 4. The highest BCUT2D eigenvalue weighted by Crippen LogP contribution is 2.88. The lowest BCUT2D eigenvalue weighted by Crippen LogP contribution is -2.70. The molecule has 3 N–H and O–H groups in total. The van der Waals surface area contributed by atoms with Crippen LogP contribution < -0.4 is 0 Å². The van der Waals surface area contributed by atoms with E-state index < -0.39 is 52.0 Å². The molecule has 2 saturated heterocycles. The molecule has 2 spiro atoms. The van der Waals surface area contributed by atoms with E-state index >= 15 is 0 Å². The molecule has 0 radical (unpaired) electrons. The SMILES string of the molecule is C=C1/C(=C\C=C2/CCC[C@@]3(C)C2CCC3[C@@H](C)/C=C/C(OC(=O)CCCCC(=O)O[C@H]2[C@]34O[C@H]3C[C@H]3C5=C(CC[C@]3(C)[C@@]43O[C@H]3[C@@]3(O)C[C@]23C(C)C)C(=O)OC5)C2CC2)C[C@@H](O)C[C@@H]1O. The van der Waals surface area contributed by atoms with Gasteiger partial charge in [-0.3, -0.25) is 9.59 Å². The van der Waals surface area contributed by atoms with Gasteiger partial charge in [0.15, 0.2) is 5.60 Å². The summed E-state index contributed by atoms with van der Waals surface area (Å²) >= 11 is 0. The number of ether oxygens (including phenoxy) is 5. The van der Waals surface area contributed by atoms with Gasteiger partial charge in [0, 0.05) is 35.7 Å². The number of rotatable bonds is 13. The Morgan fingerprint density at radius 3 is 2.46 bits per heavy atom. The largest absolute Gasteiger partial charge is 0.458 e. The first-order valence-electron chi connectivity index (χ1n) is 25.4. The van der Waals surface area contributed by atoms with E-state index in [-0.39, 0.29) is 60.2 Å². The summed E-state index contributed by atoms with van der Waals surface area (Å²) < 4.78 is 31.8. The number of carbonyl (C=O) groups is 3. The Balaban J connectivity index is 0.697. The van der Waals surface area contributed by atoms with Crippen molar-refractivity contribution in [1.29, 1.82) is 0 Å². The molecule has 65 heavy (non-hydrogen) atoms. The van der Waals surface area contributed by atoms with Crippen molar-refractivity contribution in [3.05, 3.63) is 58.7 Å². The van der Waals surface area contributed by atoms with Crippen LogP contribution >= 0.6 is 0 Å². The summed E-state index contributed by atoms with van der Waals surface area (Å²) in [6, 6.07) is 0. The van der Waals surface area contributed by atoms with Gasteiger partial charge in [-0.1, -0.05) is 65.0 Å². The van der Waals surface area contributed by atoms with Crippen LogP contribution in [0.3, 0.4) is 0 Å². The Morgan fingerprint density at radius 1 is 0.938 bits per heavy atom. The maximum Gasteiger partial charge on any atom is 0.334 e. The third-order valence-electron chi connectivity index (χ3n) is 20.1. The molecule has 11 nitrogen and oxygen atoms in total. The zero-order valence-electron chi connectivity index (χ0n) is 39.3. The van der Waals surface area contributed by atoms with Crippen LogP contribution in [0, 0.1) is 51.8 Å². The van der Waals surface area contributed by atoms with Crippen molar-refractivity contribution in [2.45, 2.75) is 197 Å². The van der Waals surface area contributed by atoms with Gasteiger partial charge in [0.05, 0.1) is 18.3 Å². The number of hydrogen-bond donors (Lipinski definition) is 3. The number of aliphatic hydroxyl groups is 3. The summed E-state index contributed by atoms with van der Waals surface area (Å²) in [5.41, 5.74) is 1.35. The number of epoxide rings is 2.